The number of piperidine rings is 1. The molecule has 0 unspecified atom stereocenters. The number of hydrogen-bond acceptors (Lipinski definition) is 6. The van der Waals surface area contributed by atoms with E-state index in [0.717, 1.165) is 30.9 Å². The highest BCUT2D eigenvalue weighted by Gasteiger charge is 2.21. The van der Waals surface area contributed by atoms with E-state index in [1.165, 1.54) is 83.5 Å². The van der Waals surface area contributed by atoms with Gasteiger partial charge in [0.25, 0.3) is 0 Å². The lowest BCUT2D eigenvalue weighted by Crippen LogP contribution is -2.33. The van der Waals surface area contributed by atoms with Crippen LogP contribution in [0, 0.1) is 0 Å². The molecule has 3 aliphatic rings. The summed E-state index contributed by atoms with van der Waals surface area (Å²) < 4.78 is 0. The molecule has 1 aromatic rings. The van der Waals surface area contributed by atoms with Gasteiger partial charge in [-0.05, 0) is 44.9 Å². The van der Waals surface area contributed by atoms with Crippen LogP contribution in [0.3, 0.4) is 0 Å². The van der Waals surface area contributed by atoms with Gasteiger partial charge in [-0.15, -0.1) is 0 Å². The highest BCUT2D eigenvalue weighted by molar-refractivity contribution is 5.45. The van der Waals surface area contributed by atoms with Gasteiger partial charge in [0.1, 0.15) is 0 Å². The van der Waals surface area contributed by atoms with Crippen LogP contribution in [-0.4, -0.2) is 40.1 Å². The van der Waals surface area contributed by atoms with Crippen LogP contribution in [0.4, 0.5) is 17.8 Å². The van der Waals surface area contributed by atoms with Crippen LogP contribution in [0.2, 0.25) is 0 Å². The molecule has 0 bridgehead atoms. The molecular formula is C20H34N6. The van der Waals surface area contributed by atoms with Gasteiger partial charge in [0.2, 0.25) is 17.8 Å². The summed E-state index contributed by atoms with van der Waals surface area (Å²) in [5.41, 5.74) is 0. The van der Waals surface area contributed by atoms with Crippen LogP contribution in [0.15, 0.2) is 0 Å². The fourth-order valence-electron chi connectivity index (χ4n) is 4.59. The van der Waals surface area contributed by atoms with Gasteiger partial charge in [0.05, 0.1) is 0 Å². The van der Waals surface area contributed by atoms with Gasteiger partial charge in [0, 0.05) is 25.2 Å². The third-order valence-corrected chi connectivity index (χ3v) is 6.14. The first kappa shape index (κ1) is 17.8. The number of anilines is 3. The van der Waals surface area contributed by atoms with Gasteiger partial charge in [-0.25, -0.2) is 0 Å². The second-order valence-corrected chi connectivity index (χ2v) is 8.29. The van der Waals surface area contributed by atoms with Crippen LogP contribution in [0.1, 0.15) is 83.5 Å². The monoisotopic (exact) mass is 358 g/mol. The summed E-state index contributed by atoms with van der Waals surface area (Å²) in [4.78, 5) is 16.7. The van der Waals surface area contributed by atoms with Crippen molar-refractivity contribution in [2.75, 3.05) is 28.6 Å². The second kappa shape index (κ2) is 8.87. The Morgan fingerprint density at radius 3 is 1.54 bits per heavy atom. The first-order valence-corrected chi connectivity index (χ1v) is 10.9. The highest BCUT2D eigenvalue weighted by Crippen LogP contribution is 2.25. The molecule has 6 heteroatoms. The van der Waals surface area contributed by atoms with E-state index in [1.54, 1.807) is 0 Å². The molecule has 0 amide bonds. The molecule has 1 saturated heterocycles. The van der Waals surface area contributed by atoms with E-state index in [0.29, 0.717) is 12.1 Å². The number of aromatic nitrogens is 3. The maximum absolute atomic E-state index is 4.80. The summed E-state index contributed by atoms with van der Waals surface area (Å²) in [7, 11) is 0. The van der Waals surface area contributed by atoms with Gasteiger partial charge in [-0.1, -0.05) is 38.5 Å². The topological polar surface area (TPSA) is 66.0 Å². The standard InChI is InChI=1S/C20H34N6/c1-4-10-16(11-5-1)21-18-23-19(22-17-12-6-2-7-13-17)25-20(24-18)26-14-8-3-9-15-26/h16-17H,1-15H2,(H2,21,22,23,24,25). The zero-order valence-electron chi connectivity index (χ0n) is 16.1. The van der Waals surface area contributed by atoms with E-state index in [9.17, 15) is 0 Å². The Hall–Kier alpha value is -1.59. The van der Waals surface area contributed by atoms with Crippen molar-refractivity contribution in [1.29, 1.82) is 0 Å². The van der Waals surface area contributed by atoms with Crippen molar-refractivity contribution in [3.05, 3.63) is 0 Å². The molecule has 2 saturated carbocycles. The third-order valence-electron chi connectivity index (χ3n) is 6.14. The molecule has 0 atom stereocenters. The number of nitrogens with one attached hydrogen (secondary N) is 2. The molecule has 6 nitrogen and oxygen atoms in total. The van der Waals surface area contributed by atoms with Crippen LogP contribution in [-0.2, 0) is 0 Å². The Labute approximate surface area is 157 Å². The molecular weight excluding hydrogens is 324 g/mol. The van der Waals surface area contributed by atoms with Gasteiger partial charge >= 0.3 is 0 Å². The molecule has 2 aliphatic carbocycles. The van der Waals surface area contributed by atoms with Crippen molar-refractivity contribution in [2.45, 2.75) is 95.6 Å². The molecule has 0 aromatic carbocycles. The van der Waals surface area contributed by atoms with E-state index < -0.39 is 0 Å². The average molecular weight is 359 g/mol. The smallest absolute Gasteiger partial charge is 0.231 e. The summed E-state index contributed by atoms with van der Waals surface area (Å²) in [6.45, 7) is 2.13. The molecule has 144 valence electrons. The summed E-state index contributed by atoms with van der Waals surface area (Å²) in [6.07, 6.45) is 16.7. The molecule has 26 heavy (non-hydrogen) atoms. The zero-order chi connectivity index (χ0) is 17.6. The first-order valence-electron chi connectivity index (χ1n) is 10.9. The van der Waals surface area contributed by atoms with Crippen molar-refractivity contribution >= 4 is 17.8 Å². The maximum atomic E-state index is 4.80. The second-order valence-electron chi connectivity index (χ2n) is 8.29. The van der Waals surface area contributed by atoms with Gasteiger partial charge in [-0.3, -0.25) is 0 Å². The lowest BCUT2D eigenvalue weighted by Gasteiger charge is -2.29. The molecule has 2 heterocycles. The fraction of sp³-hybridized carbons (Fsp3) is 0.850. The van der Waals surface area contributed by atoms with Gasteiger partial charge < -0.3 is 15.5 Å². The van der Waals surface area contributed by atoms with Crippen molar-refractivity contribution in [3.8, 4) is 0 Å². The predicted octanol–water partition coefficient (Wildman–Crippen LogP) is 4.35. The van der Waals surface area contributed by atoms with Gasteiger partial charge in [-0.2, -0.15) is 15.0 Å². The third kappa shape index (κ3) is 4.77. The maximum Gasteiger partial charge on any atom is 0.231 e. The van der Waals surface area contributed by atoms with Crippen LogP contribution < -0.4 is 15.5 Å². The summed E-state index contributed by atoms with van der Waals surface area (Å²) in [5, 5.41) is 7.22. The van der Waals surface area contributed by atoms with E-state index in [-0.39, 0.29) is 0 Å². The van der Waals surface area contributed by atoms with Crippen molar-refractivity contribution < 1.29 is 0 Å². The van der Waals surface area contributed by atoms with Crippen LogP contribution >= 0.6 is 0 Å². The Morgan fingerprint density at radius 1 is 0.577 bits per heavy atom. The molecule has 1 aliphatic heterocycles. The number of nitrogens with zero attached hydrogens (tertiary/aromatic N) is 4. The minimum Gasteiger partial charge on any atom is -0.351 e. The SMILES string of the molecule is C1CCC(Nc2nc(NC3CCCCC3)nc(N3CCCCC3)n2)CC1. The molecule has 2 N–H and O–H groups in total. The summed E-state index contributed by atoms with van der Waals surface area (Å²) >= 11 is 0. The van der Waals surface area contributed by atoms with Crippen LogP contribution in [0.25, 0.3) is 0 Å². The summed E-state index contributed by atoms with van der Waals surface area (Å²) in [6, 6.07) is 1.03. The molecule has 0 radical (unpaired) electrons. The Balaban J connectivity index is 1.51. The minimum absolute atomic E-state index is 0.517. The molecule has 3 fully saturated rings. The molecule has 0 spiro atoms. The van der Waals surface area contributed by atoms with Crippen molar-refractivity contribution in [2.24, 2.45) is 0 Å². The van der Waals surface area contributed by atoms with Crippen molar-refractivity contribution in [3.63, 3.8) is 0 Å². The highest BCUT2D eigenvalue weighted by atomic mass is 15.3. The van der Waals surface area contributed by atoms with Crippen LogP contribution in [0.5, 0.6) is 0 Å². The average Bonchev–Trinajstić information content (AvgIpc) is 2.70. The molecule has 4 rings (SSSR count). The summed E-state index contributed by atoms with van der Waals surface area (Å²) in [5.74, 6) is 2.40. The number of hydrogen-bond donors (Lipinski definition) is 2. The Morgan fingerprint density at radius 2 is 1.04 bits per heavy atom. The Kier molecular flexibility index (Phi) is 6.07. The largest absolute Gasteiger partial charge is 0.351 e. The van der Waals surface area contributed by atoms with Gasteiger partial charge in [0.15, 0.2) is 0 Å². The fourth-order valence-corrected chi connectivity index (χ4v) is 4.59. The number of rotatable bonds is 5. The van der Waals surface area contributed by atoms with E-state index in [2.05, 4.69) is 15.5 Å². The predicted molar refractivity (Wildman–Crippen MR) is 107 cm³/mol. The zero-order valence-corrected chi connectivity index (χ0v) is 16.1. The van der Waals surface area contributed by atoms with E-state index >= 15 is 0 Å². The first-order chi connectivity index (χ1) is 12.9. The van der Waals surface area contributed by atoms with Crippen molar-refractivity contribution in [1.82, 2.24) is 15.0 Å². The Bertz CT molecular complexity index is 521. The normalized spacial score (nSPS) is 23.0. The lowest BCUT2D eigenvalue weighted by atomic mass is 9.96. The quantitative estimate of drug-likeness (QED) is 0.816. The van der Waals surface area contributed by atoms with E-state index in [4.69, 9.17) is 15.0 Å². The van der Waals surface area contributed by atoms with E-state index in [1.807, 2.05) is 0 Å². The lowest BCUT2D eigenvalue weighted by molar-refractivity contribution is 0.458. The minimum atomic E-state index is 0.517. The molecule has 1 aromatic heterocycles.